The summed E-state index contributed by atoms with van der Waals surface area (Å²) in [5, 5.41) is 13.5. The first-order chi connectivity index (χ1) is 11.7. The molecule has 0 saturated carbocycles. The van der Waals surface area contributed by atoms with Crippen molar-refractivity contribution in [3.05, 3.63) is 64.5 Å². The summed E-state index contributed by atoms with van der Waals surface area (Å²) in [6.45, 7) is 0.683. The summed E-state index contributed by atoms with van der Waals surface area (Å²) in [4.78, 5) is 13.0. The first kappa shape index (κ1) is 16.4. The first-order valence-electron chi connectivity index (χ1n) is 7.26. The van der Waals surface area contributed by atoms with Gasteiger partial charge in [-0.25, -0.2) is 0 Å². The van der Waals surface area contributed by atoms with Crippen LogP contribution in [-0.2, 0) is 0 Å². The summed E-state index contributed by atoms with van der Waals surface area (Å²) in [6, 6.07) is 14.3. The topological polar surface area (TPSA) is 64.1 Å². The van der Waals surface area contributed by atoms with Gasteiger partial charge in [0, 0.05) is 16.7 Å². The second-order valence-electron chi connectivity index (χ2n) is 4.85. The van der Waals surface area contributed by atoms with E-state index in [2.05, 4.69) is 15.5 Å². The van der Waals surface area contributed by atoms with Crippen molar-refractivity contribution in [3.63, 3.8) is 0 Å². The number of ether oxygens (including phenoxy) is 1. The van der Waals surface area contributed by atoms with Crippen molar-refractivity contribution < 1.29 is 9.53 Å². The van der Waals surface area contributed by atoms with Gasteiger partial charge in [0.05, 0.1) is 11.4 Å². The second-order valence-corrected chi connectivity index (χ2v) is 6.23. The Kier molecular flexibility index (Phi) is 5.40. The van der Waals surface area contributed by atoms with Gasteiger partial charge in [-0.2, -0.15) is 0 Å². The van der Waals surface area contributed by atoms with Crippen LogP contribution in [0.2, 0.25) is 5.02 Å². The molecule has 3 aromatic rings. The molecule has 5 nitrogen and oxygen atoms in total. The maximum atomic E-state index is 11.9. The van der Waals surface area contributed by atoms with Crippen LogP contribution in [-0.4, -0.2) is 29.3 Å². The normalized spacial score (nSPS) is 10.4. The molecule has 24 heavy (non-hydrogen) atoms. The van der Waals surface area contributed by atoms with Crippen molar-refractivity contribution in [3.8, 4) is 16.5 Å². The molecule has 7 heteroatoms. The van der Waals surface area contributed by atoms with E-state index >= 15 is 0 Å². The molecular weight excluding hydrogens is 346 g/mol. The first-order valence-corrected chi connectivity index (χ1v) is 8.52. The number of aromatic nitrogens is 2. The number of nitrogens with zero attached hydrogens (tertiary/aromatic N) is 2. The fraction of sp³-hybridized carbons (Fsp3) is 0.118. The number of carbonyl (C=O) groups is 1. The highest BCUT2D eigenvalue weighted by molar-refractivity contribution is 7.13. The average Bonchev–Trinajstić information content (AvgIpc) is 3.14. The van der Waals surface area contributed by atoms with Gasteiger partial charge < -0.3 is 10.1 Å². The largest absolute Gasteiger partial charge is 0.475 e. The average molecular weight is 360 g/mol. The standard InChI is InChI=1S/C17H14ClN3O2S/c18-13-5-3-12(4-6-13)17(22)19-9-10-23-16-8-7-14(20-21-16)15-2-1-11-24-15/h1-8,11H,9-10H2,(H,19,22). The Labute approximate surface area is 148 Å². The highest BCUT2D eigenvalue weighted by Crippen LogP contribution is 2.22. The second kappa shape index (κ2) is 7.90. The van der Waals surface area contributed by atoms with E-state index in [1.807, 2.05) is 23.6 Å². The smallest absolute Gasteiger partial charge is 0.251 e. The van der Waals surface area contributed by atoms with Crippen molar-refractivity contribution in [2.45, 2.75) is 0 Å². The molecular formula is C17H14ClN3O2S. The predicted molar refractivity (Wildman–Crippen MR) is 94.6 cm³/mol. The van der Waals surface area contributed by atoms with Crippen molar-refractivity contribution in [2.75, 3.05) is 13.2 Å². The Morgan fingerprint density at radius 1 is 1.12 bits per heavy atom. The molecule has 0 spiro atoms. The lowest BCUT2D eigenvalue weighted by molar-refractivity contribution is 0.0946. The number of carbonyl (C=O) groups excluding carboxylic acids is 1. The molecule has 3 rings (SSSR count). The van der Waals surface area contributed by atoms with Gasteiger partial charge in [-0.15, -0.1) is 21.5 Å². The van der Waals surface area contributed by atoms with Crippen LogP contribution in [0.4, 0.5) is 0 Å². The van der Waals surface area contributed by atoms with Gasteiger partial charge >= 0.3 is 0 Å². The van der Waals surface area contributed by atoms with Gasteiger partial charge in [0.1, 0.15) is 12.3 Å². The number of hydrogen-bond acceptors (Lipinski definition) is 5. The van der Waals surface area contributed by atoms with Crippen molar-refractivity contribution >= 4 is 28.8 Å². The zero-order valence-corrected chi connectivity index (χ0v) is 14.2. The van der Waals surface area contributed by atoms with Crippen molar-refractivity contribution in [1.82, 2.24) is 15.5 Å². The molecule has 0 aliphatic rings. The molecule has 0 unspecified atom stereocenters. The van der Waals surface area contributed by atoms with Gasteiger partial charge in [0.2, 0.25) is 5.88 Å². The molecule has 0 radical (unpaired) electrons. The molecule has 122 valence electrons. The van der Waals surface area contributed by atoms with Crippen LogP contribution in [0.15, 0.2) is 53.9 Å². The fourth-order valence-corrected chi connectivity index (χ4v) is 2.79. The molecule has 2 heterocycles. The van der Waals surface area contributed by atoms with E-state index in [9.17, 15) is 4.79 Å². The number of thiophene rings is 1. The van der Waals surface area contributed by atoms with Crippen LogP contribution in [0.3, 0.4) is 0 Å². The SMILES string of the molecule is O=C(NCCOc1ccc(-c2cccs2)nn1)c1ccc(Cl)cc1. The molecule has 0 aliphatic carbocycles. The number of halogens is 1. The van der Waals surface area contributed by atoms with E-state index in [1.165, 1.54) is 0 Å². The minimum absolute atomic E-state index is 0.172. The molecule has 0 fully saturated rings. The van der Waals surface area contributed by atoms with Crippen LogP contribution in [0.5, 0.6) is 5.88 Å². The van der Waals surface area contributed by atoms with Crippen LogP contribution in [0.1, 0.15) is 10.4 Å². The molecule has 0 saturated heterocycles. The summed E-state index contributed by atoms with van der Waals surface area (Å²) < 4.78 is 5.48. The van der Waals surface area contributed by atoms with Crippen LogP contribution < -0.4 is 10.1 Å². The number of benzene rings is 1. The zero-order valence-electron chi connectivity index (χ0n) is 12.6. The Balaban J connectivity index is 1.45. The molecule has 0 bridgehead atoms. The van der Waals surface area contributed by atoms with Gasteiger partial charge in [-0.1, -0.05) is 17.7 Å². The van der Waals surface area contributed by atoms with Gasteiger partial charge in [0.15, 0.2) is 0 Å². The van der Waals surface area contributed by atoms with Crippen LogP contribution in [0.25, 0.3) is 10.6 Å². The van der Waals surface area contributed by atoms with Gasteiger partial charge in [-0.3, -0.25) is 4.79 Å². The predicted octanol–water partition coefficient (Wildman–Crippen LogP) is 3.67. The monoisotopic (exact) mass is 359 g/mol. The lowest BCUT2D eigenvalue weighted by atomic mass is 10.2. The van der Waals surface area contributed by atoms with Crippen LogP contribution in [0, 0.1) is 0 Å². The van der Waals surface area contributed by atoms with E-state index in [4.69, 9.17) is 16.3 Å². The Morgan fingerprint density at radius 2 is 1.96 bits per heavy atom. The number of rotatable bonds is 6. The van der Waals surface area contributed by atoms with E-state index < -0.39 is 0 Å². The van der Waals surface area contributed by atoms with Crippen LogP contribution >= 0.6 is 22.9 Å². The Hall–Kier alpha value is -2.44. The minimum Gasteiger partial charge on any atom is -0.475 e. The molecule has 0 aliphatic heterocycles. The third-order valence-electron chi connectivity index (χ3n) is 3.16. The molecule has 0 atom stereocenters. The highest BCUT2D eigenvalue weighted by atomic mass is 35.5. The van der Waals surface area contributed by atoms with Crippen molar-refractivity contribution in [2.24, 2.45) is 0 Å². The summed E-state index contributed by atoms with van der Waals surface area (Å²) in [7, 11) is 0. The van der Waals surface area contributed by atoms with Crippen molar-refractivity contribution in [1.29, 1.82) is 0 Å². The van der Waals surface area contributed by atoms with E-state index in [0.29, 0.717) is 29.6 Å². The third-order valence-corrected chi connectivity index (χ3v) is 4.30. The number of amides is 1. The van der Waals surface area contributed by atoms with Gasteiger partial charge in [0.25, 0.3) is 5.91 Å². The Morgan fingerprint density at radius 3 is 2.62 bits per heavy atom. The minimum atomic E-state index is -0.172. The lowest BCUT2D eigenvalue weighted by Crippen LogP contribution is -2.28. The molecule has 2 aromatic heterocycles. The quantitative estimate of drug-likeness (QED) is 0.682. The van der Waals surface area contributed by atoms with E-state index in [0.717, 1.165) is 10.6 Å². The fourth-order valence-electron chi connectivity index (χ4n) is 1.98. The van der Waals surface area contributed by atoms with Gasteiger partial charge in [-0.05, 0) is 41.8 Å². The maximum absolute atomic E-state index is 11.9. The molecule has 1 amide bonds. The lowest BCUT2D eigenvalue weighted by Gasteiger charge is -2.07. The van der Waals surface area contributed by atoms with E-state index in [-0.39, 0.29) is 5.91 Å². The molecule has 1 N–H and O–H groups in total. The molecule has 1 aromatic carbocycles. The summed E-state index contributed by atoms with van der Waals surface area (Å²) in [5.41, 5.74) is 1.37. The number of hydrogen-bond donors (Lipinski definition) is 1. The summed E-state index contributed by atoms with van der Waals surface area (Å²) in [5.74, 6) is 0.255. The number of nitrogens with one attached hydrogen (secondary N) is 1. The zero-order chi connectivity index (χ0) is 16.8. The highest BCUT2D eigenvalue weighted by Gasteiger charge is 2.05. The Bertz CT molecular complexity index is 790. The maximum Gasteiger partial charge on any atom is 0.251 e. The third kappa shape index (κ3) is 4.31. The van der Waals surface area contributed by atoms with E-state index in [1.54, 1.807) is 41.7 Å². The summed E-state index contributed by atoms with van der Waals surface area (Å²) >= 11 is 7.40. The summed E-state index contributed by atoms with van der Waals surface area (Å²) in [6.07, 6.45) is 0.